The van der Waals surface area contributed by atoms with Crippen molar-refractivity contribution >= 4 is 23.4 Å². The van der Waals surface area contributed by atoms with E-state index < -0.39 is 0 Å². The zero-order valence-corrected chi connectivity index (χ0v) is 16.9. The van der Waals surface area contributed by atoms with E-state index in [0.717, 1.165) is 44.1 Å². The maximum absolute atomic E-state index is 12.7. The Morgan fingerprint density at radius 1 is 1.17 bits per heavy atom. The molecule has 8 nitrogen and oxygen atoms in total. The monoisotopic (exact) mass is 417 g/mol. The zero-order chi connectivity index (χ0) is 20.2. The van der Waals surface area contributed by atoms with Gasteiger partial charge in [0.15, 0.2) is 5.69 Å². The first-order valence-corrected chi connectivity index (χ1v) is 10.2. The lowest BCUT2D eigenvalue weighted by Crippen LogP contribution is -2.41. The Balaban J connectivity index is 1.34. The molecule has 9 heteroatoms. The number of aromatic amines is 1. The van der Waals surface area contributed by atoms with E-state index in [1.807, 2.05) is 0 Å². The molecule has 1 aromatic heterocycles. The van der Waals surface area contributed by atoms with Crippen LogP contribution in [0.5, 0.6) is 0 Å². The Morgan fingerprint density at radius 2 is 1.93 bits per heavy atom. The summed E-state index contributed by atoms with van der Waals surface area (Å²) >= 11 is 5.90. The maximum atomic E-state index is 12.7. The van der Waals surface area contributed by atoms with Gasteiger partial charge in [-0.25, -0.2) is 0 Å². The van der Waals surface area contributed by atoms with E-state index in [1.54, 1.807) is 29.2 Å². The number of hydrogen-bond donors (Lipinski definition) is 2. The summed E-state index contributed by atoms with van der Waals surface area (Å²) in [6.45, 7) is 5.59. The number of halogens is 1. The van der Waals surface area contributed by atoms with Gasteiger partial charge in [0.25, 0.3) is 11.8 Å². The van der Waals surface area contributed by atoms with Crippen LogP contribution in [0.3, 0.4) is 0 Å². The number of nitrogens with one attached hydrogen (secondary N) is 2. The Kier molecular flexibility index (Phi) is 6.13. The molecule has 0 saturated carbocycles. The van der Waals surface area contributed by atoms with Gasteiger partial charge in [0.2, 0.25) is 0 Å². The fourth-order valence-corrected chi connectivity index (χ4v) is 3.82. The Labute approximate surface area is 174 Å². The Morgan fingerprint density at radius 3 is 2.69 bits per heavy atom. The highest BCUT2D eigenvalue weighted by atomic mass is 35.5. The van der Waals surface area contributed by atoms with Crippen molar-refractivity contribution in [2.45, 2.75) is 13.0 Å². The second-order valence-corrected chi connectivity index (χ2v) is 7.66. The molecule has 0 atom stereocenters. The van der Waals surface area contributed by atoms with E-state index in [-0.39, 0.29) is 11.8 Å². The molecule has 154 valence electrons. The van der Waals surface area contributed by atoms with Crippen molar-refractivity contribution in [2.24, 2.45) is 0 Å². The quantitative estimate of drug-likeness (QED) is 0.765. The maximum Gasteiger partial charge on any atom is 0.272 e. The van der Waals surface area contributed by atoms with Crippen molar-refractivity contribution in [2.75, 3.05) is 45.9 Å². The average molecular weight is 418 g/mol. The third-order valence-corrected chi connectivity index (χ3v) is 5.60. The van der Waals surface area contributed by atoms with Gasteiger partial charge in [0.05, 0.1) is 25.5 Å². The second-order valence-electron chi connectivity index (χ2n) is 7.22. The molecule has 0 spiro atoms. The molecule has 0 radical (unpaired) electrons. The number of ether oxygens (including phenoxy) is 1. The summed E-state index contributed by atoms with van der Waals surface area (Å²) in [5.41, 5.74) is 2.74. The van der Waals surface area contributed by atoms with E-state index in [4.69, 9.17) is 16.3 Å². The topological polar surface area (TPSA) is 90.6 Å². The number of carbonyl (C=O) groups is 2. The van der Waals surface area contributed by atoms with Crippen LogP contribution >= 0.6 is 11.6 Å². The first-order chi connectivity index (χ1) is 14.1. The first-order valence-electron chi connectivity index (χ1n) is 9.81. The number of nitrogens with zero attached hydrogens (tertiary/aromatic N) is 3. The third kappa shape index (κ3) is 4.60. The van der Waals surface area contributed by atoms with Crippen molar-refractivity contribution < 1.29 is 14.3 Å². The largest absolute Gasteiger partial charge is 0.379 e. The molecule has 29 heavy (non-hydrogen) atoms. The molecular formula is C20H24ClN5O3. The predicted molar refractivity (Wildman–Crippen MR) is 108 cm³/mol. The van der Waals surface area contributed by atoms with Crippen molar-refractivity contribution in [3.8, 4) is 0 Å². The van der Waals surface area contributed by atoms with Crippen LogP contribution in [0.15, 0.2) is 24.3 Å². The summed E-state index contributed by atoms with van der Waals surface area (Å²) in [5.74, 6) is -0.230. The first kappa shape index (κ1) is 19.9. The predicted octanol–water partition coefficient (Wildman–Crippen LogP) is 1.32. The highest BCUT2D eigenvalue weighted by Gasteiger charge is 2.28. The smallest absolute Gasteiger partial charge is 0.272 e. The molecular weight excluding hydrogens is 394 g/mol. The number of carbonyl (C=O) groups excluding carboxylic acids is 2. The Hall–Kier alpha value is -2.42. The van der Waals surface area contributed by atoms with E-state index >= 15 is 0 Å². The molecule has 0 aliphatic carbocycles. The standard InChI is InChI=1S/C20H24ClN5O3/c21-15-3-1-14(2-4-15)20(28)26-7-5-16-17(13-26)23-24-18(16)19(27)22-6-8-25-9-11-29-12-10-25/h1-4H,5-13H2,(H,22,27)(H,23,24). The van der Waals surface area contributed by atoms with Gasteiger partial charge in [0, 0.05) is 48.9 Å². The molecule has 2 aliphatic heterocycles. The Bertz CT molecular complexity index is 877. The number of H-pyrrole nitrogens is 1. The average Bonchev–Trinajstić information content (AvgIpc) is 3.18. The van der Waals surface area contributed by atoms with Crippen LogP contribution in [0.1, 0.15) is 32.1 Å². The molecule has 0 unspecified atom stereocenters. The van der Waals surface area contributed by atoms with E-state index in [0.29, 0.717) is 42.3 Å². The number of fused-ring (bicyclic) bond motifs is 1. The van der Waals surface area contributed by atoms with Crippen LogP contribution < -0.4 is 5.32 Å². The molecule has 2 amide bonds. The summed E-state index contributed by atoms with van der Waals surface area (Å²) < 4.78 is 5.33. The lowest BCUT2D eigenvalue weighted by Gasteiger charge is -2.27. The van der Waals surface area contributed by atoms with Gasteiger partial charge >= 0.3 is 0 Å². The van der Waals surface area contributed by atoms with Crippen LogP contribution in [0.4, 0.5) is 0 Å². The van der Waals surface area contributed by atoms with Gasteiger partial charge < -0.3 is 15.0 Å². The molecule has 4 rings (SSSR count). The van der Waals surface area contributed by atoms with E-state index in [9.17, 15) is 9.59 Å². The van der Waals surface area contributed by atoms with Gasteiger partial charge in [-0.05, 0) is 30.7 Å². The second kappa shape index (κ2) is 8.94. The summed E-state index contributed by atoms with van der Waals surface area (Å²) in [4.78, 5) is 29.3. The lowest BCUT2D eigenvalue weighted by atomic mass is 10.0. The lowest BCUT2D eigenvalue weighted by molar-refractivity contribution is 0.0383. The molecule has 1 fully saturated rings. The van der Waals surface area contributed by atoms with E-state index in [2.05, 4.69) is 20.4 Å². The summed E-state index contributed by atoms with van der Waals surface area (Å²) in [6, 6.07) is 6.86. The van der Waals surface area contributed by atoms with Crippen LogP contribution in [0.25, 0.3) is 0 Å². The summed E-state index contributed by atoms with van der Waals surface area (Å²) in [6.07, 6.45) is 0.595. The van der Waals surface area contributed by atoms with Crippen molar-refractivity contribution in [3.63, 3.8) is 0 Å². The molecule has 2 N–H and O–H groups in total. The summed E-state index contributed by atoms with van der Waals surface area (Å²) in [7, 11) is 0. The van der Waals surface area contributed by atoms with Gasteiger partial charge in [0.1, 0.15) is 0 Å². The molecule has 2 aromatic rings. The normalized spacial score (nSPS) is 17.1. The number of rotatable bonds is 5. The van der Waals surface area contributed by atoms with Crippen LogP contribution in [-0.4, -0.2) is 77.7 Å². The van der Waals surface area contributed by atoms with Gasteiger partial charge in [-0.1, -0.05) is 11.6 Å². The van der Waals surface area contributed by atoms with E-state index in [1.165, 1.54) is 0 Å². The number of morpholine rings is 1. The van der Waals surface area contributed by atoms with Crippen LogP contribution in [0, 0.1) is 0 Å². The van der Waals surface area contributed by atoms with Crippen molar-refractivity contribution in [1.82, 2.24) is 25.3 Å². The number of hydrogen-bond acceptors (Lipinski definition) is 5. The highest BCUT2D eigenvalue weighted by molar-refractivity contribution is 6.30. The number of aromatic nitrogens is 2. The fourth-order valence-electron chi connectivity index (χ4n) is 3.69. The molecule has 3 heterocycles. The molecule has 2 aliphatic rings. The third-order valence-electron chi connectivity index (χ3n) is 5.34. The summed E-state index contributed by atoms with van der Waals surface area (Å²) in [5, 5.41) is 10.7. The van der Waals surface area contributed by atoms with Crippen molar-refractivity contribution in [1.29, 1.82) is 0 Å². The minimum Gasteiger partial charge on any atom is -0.379 e. The minimum atomic E-state index is -0.173. The minimum absolute atomic E-state index is 0.0570. The zero-order valence-electron chi connectivity index (χ0n) is 16.1. The van der Waals surface area contributed by atoms with Crippen LogP contribution in [0.2, 0.25) is 5.02 Å². The molecule has 0 bridgehead atoms. The SMILES string of the molecule is O=C(NCCN1CCOCC1)c1n[nH]c2c1CCN(C(=O)c1ccc(Cl)cc1)C2. The highest BCUT2D eigenvalue weighted by Crippen LogP contribution is 2.22. The molecule has 1 saturated heterocycles. The fraction of sp³-hybridized carbons (Fsp3) is 0.450. The number of amides is 2. The van der Waals surface area contributed by atoms with Gasteiger partial charge in [-0.3, -0.25) is 19.6 Å². The van der Waals surface area contributed by atoms with Gasteiger partial charge in [-0.2, -0.15) is 5.10 Å². The van der Waals surface area contributed by atoms with Gasteiger partial charge in [-0.15, -0.1) is 0 Å². The molecule has 1 aromatic carbocycles. The van der Waals surface area contributed by atoms with Crippen LogP contribution in [-0.2, 0) is 17.7 Å². The van der Waals surface area contributed by atoms with Crippen molar-refractivity contribution in [3.05, 3.63) is 51.8 Å². The number of benzene rings is 1.